The van der Waals surface area contributed by atoms with Crippen LogP contribution < -0.4 is 0 Å². The summed E-state index contributed by atoms with van der Waals surface area (Å²) in [5.74, 6) is -0.409. The minimum atomic E-state index is -0.706. The number of benzene rings is 1. The van der Waals surface area contributed by atoms with Crippen LogP contribution in [0.15, 0.2) is 18.2 Å². The van der Waals surface area contributed by atoms with Crippen molar-refractivity contribution in [3.8, 4) is 0 Å². The number of rotatable bonds is 2. The second kappa shape index (κ2) is 4.82. The van der Waals surface area contributed by atoms with Gasteiger partial charge in [-0.3, -0.25) is 0 Å². The van der Waals surface area contributed by atoms with Gasteiger partial charge < -0.3 is 5.11 Å². The number of hydrogen-bond acceptors (Lipinski definition) is 1. The summed E-state index contributed by atoms with van der Waals surface area (Å²) >= 11 is 5.67. The van der Waals surface area contributed by atoms with Crippen molar-refractivity contribution >= 4 is 11.6 Å². The van der Waals surface area contributed by atoms with Crippen LogP contribution in [0.2, 0.25) is 5.02 Å². The quantitative estimate of drug-likeness (QED) is 0.847. The summed E-state index contributed by atoms with van der Waals surface area (Å²) in [4.78, 5) is 0. The second-order valence-electron chi connectivity index (χ2n) is 6.34. The SMILES string of the molecule is CC1(C)CCCC(O)(Cc2ccc(Cl)c(F)c2)C1. The van der Waals surface area contributed by atoms with Gasteiger partial charge in [0, 0.05) is 6.42 Å². The first-order chi connectivity index (χ1) is 8.30. The van der Waals surface area contributed by atoms with Gasteiger partial charge in [-0.05, 0) is 42.4 Å². The van der Waals surface area contributed by atoms with E-state index in [1.54, 1.807) is 12.1 Å². The van der Waals surface area contributed by atoms with E-state index in [-0.39, 0.29) is 10.4 Å². The highest BCUT2D eigenvalue weighted by Gasteiger charge is 2.38. The maximum atomic E-state index is 13.4. The molecular formula is C15H20ClFO. The van der Waals surface area contributed by atoms with Crippen molar-refractivity contribution in [2.45, 2.75) is 51.6 Å². The van der Waals surface area contributed by atoms with E-state index in [2.05, 4.69) is 13.8 Å². The van der Waals surface area contributed by atoms with E-state index in [1.807, 2.05) is 0 Å². The molecule has 0 spiro atoms. The van der Waals surface area contributed by atoms with E-state index in [4.69, 9.17) is 11.6 Å². The molecule has 1 nitrogen and oxygen atoms in total. The average Bonchev–Trinajstić information content (AvgIpc) is 2.21. The number of hydrogen-bond donors (Lipinski definition) is 1. The second-order valence-corrected chi connectivity index (χ2v) is 6.75. The Balaban J connectivity index is 2.14. The van der Waals surface area contributed by atoms with Gasteiger partial charge in [-0.2, -0.15) is 0 Å². The molecule has 0 aromatic heterocycles. The maximum Gasteiger partial charge on any atom is 0.142 e. The highest BCUT2D eigenvalue weighted by atomic mass is 35.5. The third kappa shape index (κ3) is 3.24. The highest BCUT2D eigenvalue weighted by Crippen LogP contribution is 2.42. The van der Waals surface area contributed by atoms with Crippen LogP contribution >= 0.6 is 11.6 Å². The van der Waals surface area contributed by atoms with Gasteiger partial charge in [-0.25, -0.2) is 4.39 Å². The van der Waals surface area contributed by atoms with Gasteiger partial charge in [0.1, 0.15) is 5.82 Å². The van der Waals surface area contributed by atoms with E-state index in [0.29, 0.717) is 6.42 Å². The van der Waals surface area contributed by atoms with Crippen molar-refractivity contribution in [1.82, 2.24) is 0 Å². The van der Waals surface area contributed by atoms with Crippen LogP contribution in [0, 0.1) is 11.2 Å². The molecule has 1 fully saturated rings. The average molecular weight is 271 g/mol. The van der Waals surface area contributed by atoms with Crippen LogP contribution in [-0.4, -0.2) is 10.7 Å². The Hall–Kier alpha value is -0.600. The Morgan fingerprint density at radius 2 is 2.06 bits per heavy atom. The molecule has 1 atom stereocenters. The lowest BCUT2D eigenvalue weighted by atomic mass is 9.68. The van der Waals surface area contributed by atoms with Crippen molar-refractivity contribution in [3.05, 3.63) is 34.6 Å². The van der Waals surface area contributed by atoms with Crippen molar-refractivity contribution in [2.75, 3.05) is 0 Å². The molecule has 18 heavy (non-hydrogen) atoms. The van der Waals surface area contributed by atoms with Gasteiger partial charge in [0.2, 0.25) is 0 Å². The molecule has 0 amide bonds. The summed E-state index contributed by atoms with van der Waals surface area (Å²) in [5.41, 5.74) is 0.275. The lowest BCUT2D eigenvalue weighted by molar-refractivity contribution is -0.0382. The fourth-order valence-electron chi connectivity index (χ4n) is 3.14. The lowest BCUT2D eigenvalue weighted by Gasteiger charge is -2.41. The summed E-state index contributed by atoms with van der Waals surface area (Å²) in [6.07, 6.45) is 4.24. The van der Waals surface area contributed by atoms with Gasteiger partial charge >= 0.3 is 0 Å². The molecule has 1 aliphatic rings. The number of halogens is 2. The van der Waals surface area contributed by atoms with E-state index in [9.17, 15) is 9.50 Å². The van der Waals surface area contributed by atoms with Crippen molar-refractivity contribution in [3.63, 3.8) is 0 Å². The Kier molecular flexibility index (Phi) is 3.70. The molecule has 0 radical (unpaired) electrons. The predicted octanol–water partition coefficient (Wildman–Crippen LogP) is 4.35. The van der Waals surface area contributed by atoms with E-state index in [1.165, 1.54) is 6.07 Å². The van der Waals surface area contributed by atoms with Gasteiger partial charge in [0.05, 0.1) is 10.6 Å². The first-order valence-corrected chi connectivity index (χ1v) is 6.84. The molecule has 0 heterocycles. The molecule has 1 N–H and O–H groups in total. The van der Waals surface area contributed by atoms with Gasteiger partial charge in [-0.15, -0.1) is 0 Å². The molecule has 1 aliphatic carbocycles. The molecule has 1 aromatic rings. The summed E-state index contributed by atoms with van der Waals surface area (Å²) < 4.78 is 13.4. The topological polar surface area (TPSA) is 20.2 Å². The van der Waals surface area contributed by atoms with Crippen molar-refractivity contribution in [1.29, 1.82) is 0 Å². The fourth-order valence-corrected chi connectivity index (χ4v) is 3.26. The molecule has 3 heteroatoms. The maximum absolute atomic E-state index is 13.4. The van der Waals surface area contributed by atoms with Crippen LogP contribution in [0.4, 0.5) is 4.39 Å². The van der Waals surface area contributed by atoms with Crippen LogP contribution in [0.25, 0.3) is 0 Å². The lowest BCUT2D eigenvalue weighted by Crippen LogP contribution is -2.40. The Bertz CT molecular complexity index is 444. The minimum absolute atomic E-state index is 0.134. The van der Waals surface area contributed by atoms with E-state index >= 15 is 0 Å². The highest BCUT2D eigenvalue weighted by molar-refractivity contribution is 6.30. The Morgan fingerprint density at radius 1 is 1.33 bits per heavy atom. The molecule has 0 bridgehead atoms. The zero-order valence-corrected chi connectivity index (χ0v) is 11.7. The summed E-state index contributed by atoms with van der Waals surface area (Å²) in [5, 5.41) is 10.8. The van der Waals surface area contributed by atoms with Crippen LogP contribution in [0.1, 0.15) is 45.1 Å². The normalized spacial score (nSPS) is 27.2. The smallest absolute Gasteiger partial charge is 0.142 e. The van der Waals surface area contributed by atoms with E-state index < -0.39 is 11.4 Å². The molecule has 100 valence electrons. The molecule has 1 aromatic carbocycles. The predicted molar refractivity (Wildman–Crippen MR) is 72.3 cm³/mol. The third-order valence-electron chi connectivity index (χ3n) is 3.82. The molecular weight excluding hydrogens is 251 g/mol. The standard InChI is InChI=1S/C15H20ClFO/c1-14(2)6-3-7-15(18,10-14)9-11-4-5-12(16)13(17)8-11/h4-5,8,18H,3,6-7,9-10H2,1-2H3. The third-order valence-corrected chi connectivity index (χ3v) is 4.13. The van der Waals surface area contributed by atoms with Crippen LogP contribution in [-0.2, 0) is 6.42 Å². The zero-order valence-electron chi connectivity index (χ0n) is 11.0. The van der Waals surface area contributed by atoms with E-state index in [0.717, 1.165) is 31.2 Å². The van der Waals surface area contributed by atoms with Gasteiger partial charge in [-0.1, -0.05) is 37.9 Å². The minimum Gasteiger partial charge on any atom is -0.390 e. The fraction of sp³-hybridized carbons (Fsp3) is 0.600. The molecule has 2 rings (SSSR count). The summed E-state index contributed by atoms with van der Waals surface area (Å²) in [6.45, 7) is 4.36. The monoisotopic (exact) mass is 270 g/mol. The molecule has 0 aliphatic heterocycles. The first-order valence-electron chi connectivity index (χ1n) is 6.46. The molecule has 1 unspecified atom stereocenters. The van der Waals surface area contributed by atoms with Crippen molar-refractivity contribution in [2.24, 2.45) is 5.41 Å². The van der Waals surface area contributed by atoms with Crippen LogP contribution in [0.5, 0.6) is 0 Å². The number of aliphatic hydroxyl groups is 1. The Morgan fingerprint density at radius 3 is 2.67 bits per heavy atom. The zero-order chi connectivity index (χ0) is 13.4. The largest absolute Gasteiger partial charge is 0.390 e. The summed E-state index contributed by atoms with van der Waals surface area (Å²) in [6, 6.07) is 4.79. The van der Waals surface area contributed by atoms with Crippen LogP contribution in [0.3, 0.4) is 0 Å². The molecule has 1 saturated carbocycles. The van der Waals surface area contributed by atoms with Gasteiger partial charge in [0.25, 0.3) is 0 Å². The Labute approximate surface area is 113 Å². The first kappa shape index (κ1) is 13.8. The summed E-state index contributed by atoms with van der Waals surface area (Å²) in [7, 11) is 0. The van der Waals surface area contributed by atoms with Gasteiger partial charge in [0.15, 0.2) is 0 Å². The molecule has 0 saturated heterocycles. The van der Waals surface area contributed by atoms with Crippen molar-refractivity contribution < 1.29 is 9.50 Å².